The van der Waals surface area contributed by atoms with Crippen LogP contribution in [0.4, 0.5) is 11.6 Å². The number of aromatic nitrogens is 3. The summed E-state index contributed by atoms with van der Waals surface area (Å²) in [6.45, 7) is 0. The first-order chi connectivity index (χ1) is 13.6. The molecule has 8 heteroatoms. The SMILES string of the molecule is CNc1ncc(-c2nc3ccc(Cl)cc3o2)c2cc(NC(=O)C3CC3)ncc12. The van der Waals surface area contributed by atoms with Gasteiger partial charge in [-0.1, -0.05) is 11.6 Å². The average molecular weight is 394 g/mol. The van der Waals surface area contributed by atoms with Crippen LogP contribution >= 0.6 is 11.6 Å². The number of anilines is 2. The first kappa shape index (κ1) is 16.9. The Morgan fingerprint density at radius 2 is 2.04 bits per heavy atom. The van der Waals surface area contributed by atoms with Crippen molar-refractivity contribution in [2.45, 2.75) is 12.8 Å². The molecule has 7 nitrogen and oxygen atoms in total. The molecule has 1 aliphatic carbocycles. The number of rotatable bonds is 4. The van der Waals surface area contributed by atoms with Crippen molar-refractivity contribution in [2.75, 3.05) is 17.7 Å². The van der Waals surface area contributed by atoms with Gasteiger partial charge in [-0.25, -0.2) is 15.0 Å². The van der Waals surface area contributed by atoms with E-state index in [1.807, 2.05) is 12.1 Å². The number of hydrogen-bond acceptors (Lipinski definition) is 6. The number of amides is 1. The lowest BCUT2D eigenvalue weighted by Crippen LogP contribution is -2.14. The molecule has 0 bridgehead atoms. The van der Waals surface area contributed by atoms with Crippen molar-refractivity contribution in [1.82, 2.24) is 15.0 Å². The van der Waals surface area contributed by atoms with Gasteiger partial charge in [0.15, 0.2) is 5.58 Å². The predicted octanol–water partition coefficient (Wildman–Crippen LogP) is 4.48. The van der Waals surface area contributed by atoms with Gasteiger partial charge in [-0.15, -0.1) is 0 Å². The Morgan fingerprint density at radius 1 is 1.18 bits per heavy atom. The molecule has 5 rings (SSSR count). The van der Waals surface area contributed by atoms with Gasteiger partial charge in [0.25, 0.3) is 0 Å². The molecule has 1 saturated carbocycles. The second-order valence-electron chi connectivity index (χ2n) is 6.78. The molecule has 0 radical (unpaired) electrons. The second-order valence-corrected chi connectivity index (χ2v) is 7.22. The van der Waals surface area contributed by atoms with E-state index in [1.165, 1.54) is 0 Å². The third kappa shape index (κ3) is 2.93. The standard InChI is InChI=1S/C20H16ClN5O2/c1-22-18-13-8-23-17(26-19(27)10-2-3-10)7-12(13)14(9-24-18)20-25-15-5-4-11(21)6-16(15)28-20/h4-10H,2-3H2,1H3,(H,22,24)(H,23,26,27). The lowest BCUT2D eigenvalue weighted by molar-refractivity contribution is -0.117. The molecule has 0 spiro atoms. The van der Waals surface area contributed by atoms with Crippen LogP contribution in [-0.2, 0) is 4.79 Å². The van der Waals surface area contributed by atoms with Gasteiger partial charge in [-0.3, -0.25) is 4.79 Å². The molecule has 0 atom stereocenters. The fourth-order valence-corrected chi connectivity index (χ4v) is 3.32. The zero-order valence-electron chi connectivity index (χ0n) is 15.0. The number of pyridine rings is 2. The molecule has 1 aliphatic rings. The van der Waals surface area contributed by atoms with Gasteiger partial charge in [0, 0.05) is 47.2 Å². The van der Waals surface area contributed by atoms with Crippen molar-refractivity contribution >= 4 is 51.0 Å². The summed E-state index contributed by atoms with van der Waals surface area (Å²) in [5.74, 6) is 1.73. The Morgan fingerprint density at radius 3 is 2.82 bits per heavy atom. The van der Waals surface area contributed by atoms with Gasteiger partial charge in [0.05, 0.1) is 5.56 Å². The predicted molar refractivity (Wildman–Crippen MR) is 108 cm³/mol. The van der Waals surface area contributed by atoms with Crippen LogP contribution in [0.15, 0.2) is 41.1 Å². The quantitative estimate of drug-likeness (QED) is 0.531. The molecular weight excluding hydrogens is 378 g/mol. The maximum absolute atomic E-state index is 12.1. The zero-order chi connectivity index (χ0) is 19.3. The van der Waals surface area contributed by atoms with Crippen molar-refractivity contribution in [3.63, 3.8) is 0 Å². The van der Waals surface area contributed by atoms with Crippen molar-refractivity contribution < 1.29 is 9.21 Å². The molecule has 3 aromatic heterocycles. The summed E-state index contributed by atoms with van der Waals surface area (Å²) >= 11 is 6.05. The largest absolute Gasteiger partial charge is 0.436 e. The first-order valence-corrected chi connectivity index (χ1v) is 9.34. The number of benzene rings is 1. The number of nitrogens with zero attached hydrogens (tertiary/aromatic N) is 3. The lowest BCUT2D eigenvalue weighted by Gasteiger charge is -2.10. The number of fused-ring (bicyclic) bond motifs is 2. The molecule has 0 aliphatic heterocycles. The summed E-state index contributed by atoms with van der Waals surface area (Å²) in [6.07, 6.45) is 5.26. The normalized spacial score (nSPS) is 13.8. The summed E-state index contributed by atoms with van der Waals surface area (Å²) in [6, 6.07) is 7.14. The fourth-order valence-electron chi connectivity index (χ4n) is 3.16. The minimum absolute atomic E-state index is 0.00722. The third-order valence-corrected chi connectivity index (χ3v) is 5.02. The van der Waals surface area contributed by atoms with Crippen LogP contribution in [0.3, 0.4) is 0 Å². The van der Waals surface area contributed by atoms with E-state index in [9.17, 15) is 4.79 Å². The van der Waals surface area contributed by atoms with Crippen molar-refractivity contribution in [2.24, 2.45) is 5.92 Å². The van der Waals surface area contributed by atoms with E-state index in [-0.39, 0.29) is 11.8 Å². The first-order valence-electron chi connectivity index (χ1n) is 8.96. The van der Waals surface area contributed by atoms with Crippen molar-refractivity contribution in [3.8, 4) is 11.5 Å². The van der Waals surface area contributed by atoms with Gasteiger partial charge >= 0.3 is 0 Å². The second kappa shape index (κ2) is 6.45. The highest BCUT2D eigenvalue weighted by molar-refractivity contribution is 6.31. The topological polar surface area (TPSA) is 92.9 Å². The number of halogens is 1. The molecular formula is C20H16ClN5O2. The minimum Gasteiger partial charge on any atom is -0.436 e. The van der Waals surface area contributed by atoms with Gasteiger partial charge < -0.3 is 15.1 Å². The maximum Gasteiger partial charge on any atom is 0.229 e. The molecule has 28 heavy (non-hydrogen) atoms. The van der Waals surface area contributed by atoms with E-state index in [4.69, 9.17) is 16.0 Å². The summed E-state index contributed by atoms with van der Waals surface area (Å²) in [5.41, 5.74) is 2.02. The van der Waals surface area contributed by atoms with E-state index in [1.54, 1.807) is 31.6 Å². The fraction of sp³-hybridized carbons (Fsp3) is 0.200. The molecule has 0 saturated heterocycles. The van der Waals surface area contributed by atoms with Crippen LogP contribution < -0.4 is 10.6 Å². The molecule has 4 aromatic rings. The number of oxazole rings is 1. The number of nitrogens with one attached hydrogen (secondary N) is 2. The Balaban J connectivity index is 1.66. The summed E-state index contributed by atoms with van der Waals surface area (Å²) in [4.78, 5) is 25.5. The monoisotopic (exact) mass is 393 g/mol. The Hall–Kier alpha value is -3.19. The van der Waals surface area contributed by atoms with Gasteiger partial charge in [-0.05, 0) is 31.0 Å². The van der Waals surface area contributed by atoms with Crippen molar-refractivity contribution in [3.05, 3.63) is 41.7 Å². The number of hydrogen-bond donors (Lipinski definition) is 2. The van der Waals surface area contributed by atoms with Crippen molar-refractivity contribution in [1.29, 1.82) is 0 Å². The molecule has 1 aromatic carbocycles. The summed E-state index contributed by atoms with van der Waals surface area (Å²) < 4.78 is 5.92. The highest BCUT2D eigenvalue weighted by atomic mass is 35.5. The van der Waals surface area contributed by atoms with E-state index in [0.717, 1.165) is 23.6 Å². The number of carbonyl (C=O) groups is 1. The van der Waals surface area contributed by atoms with Crippen LogP contribution in [0.25, 0.3) is 33.3 Å². The summed E-state index contributed by atoms with van der Waals surface area (Å²) in [5, 5.41) is 8.17. The molecule has 2 N–H and O–H groups in total. The van der Waals surface area contributed by atoms with Gasteiger partial charge in [0.1, 0.15) is 17.2 Å². The zero-order valence-corrected chi connectivity index (χ0v) is 15.7. The van der Waals surface area contributed by atoms with Gasteiger partial charge in [0.2, 0.25) is 11.8 Å². The van der Waals surface area contributed by atoms with Crippen LogP contribution in [0.1, 0.15) is 12.8 Å². The van der Waals surface area contributed by atoms with E-state index in [2.05, 4.69) is 25.6 Å². The molecule has 0 unspecified atom stereocenters. The Labute approximate surface area is 165 Å². The van der Waals surface area contributed by atoms with E-state index < -0.39 is 0 Å². The Bertz CT molecular complexity index is 1230. The Kier molecular flexibility index (Phi) is 3.91. The lowest BCUT2D eigenvalue weighted by atomic mass is 10.1. The molecule has 3 heterocycles. The van der Waals surface area contributed by atoms with E-state index >= 15 is 0 Å². The smallest absolute Gasteiger partial charge is 0.229 e. The van der Waals surface area contributed by atoms with Gasteiger partial charge in [-0.2, -0.15) is 0 Å². The van der Waals surface area contributed by atoms with Crippen LogP contribution in [0.5, 0.6) is 0 Å². The molecule has 1 fully saturated rings. The molecule has 1 amide bonds. The minimum atomic E-state index is 0.00722. The number of carbonyl (C=O) groups excluding carboxylic acids is 1. The third-order valence-electron chi connectivity index (χ3n) is 4.79. The van der Waals surface area contributed by atoms with Crippen LogP contribution in [-0.4, -0.2) is 27.9 Å². The molecule has 140 valence electrons. The average Bonchev–Trinajstić information content (AvgIpc) is 3.47. The van der Waals surface area contributed by atoms with E-state index in [0.29, 0.717) is 39.2 Å². The van der Waals surface area contributed by atoms with Crippen LogP contribution in [0.2, 0.25) is 5.02 Å². The highest BCUT2D eigenvalue weighted by Gasteiger charge is 2.30. The highest BCUT2D eigenvalue weighted by Crippen LogP contribution is 2.35. The maximum atomic E-state index is 12.1. The summed E-state index contributed by atoms with van der Waals surface area (Å²) in [7, 11) is 1.80. The van der Waals surface area contributed by atoms with Crippen LogP contribution in [0, 0.1) is 5.92 Å².